The Morgan fingerprint density at radius 2 is 1.84 bits per heavy atom. The van der Waals surface area contributed by atoms with E-state index in [-0.39, 0.29) is 5.91 Å². The summed E-state index contributed by atoms with van der Waals surface area (Å²) in [5, 5.41) is 4.43. The highest BCUT2D eigenvalue weighted by molar-refractivity contribution is 5.95. The van der Waals surface area contributed by atoms with Gasteiger partial charge in [0.1, 0.15) is 23.9 Å². The third-order valence-electron chi connectivity index (χ3n) is 5.00. The zero-order valence-electron chi connectivity index (χ0n) is 18.0. The van der Waals surface area contributed by atoms with Crippen molar-refractivity contribution in [1.82, 2.24) is 14.8 Å². The molecule has 7 nitrogen and oxygen atoms in total. The topological polar surface area (TPSA) is 69.5 Å². The minimum absolute atomic E-state index is 0.216. The average molecular weight is 428 g/mol. The Morgan fingerprint density at radius 1 is 1.00 bits per heavy atom. The fourth-order valence-corrected chi connectivity index (χ4v) is 3.20. The zero-order chi connectivity index (χ0) is 22.3. The van der Waals surface area contributed by atoms with Crippen LogP contribution in [0.2, 0.25) is 0 Å². The molecule has 0 N–H and O–H groups in total. The second-order valence-electron chi connectivity index (χ2n) is 7.16. The molecule has 0 amide bonds. The monoisotopic (exact) mass is 428 g/mol. The van der Waals surface area contributed by atoms with Gasteiger partial charge in [0.15, 0.2) is 0 Å². The first kappa shape index (κ1) is 21.1. The maximum absolute atomic E-state index is 12.7. The summed E-state index contributed by atoms with van der Waals surface area (Å²) in [7, 11) is 3.56. The minimum Gasteiger partial charge on any atom is -0.497 e. The summed E-state index contributed by atoms with van der Waals surface area (Å²) >= 11 is 0. The second kappa shape index (κ2) is 9.78. The van der Waals surface area contributed by atoms with E-state index in [9.17, 15) is 4.79 Å². The van der Waals surface area contributed by atoms with Crippen molar-refractivity contribution in [2.24, 2.45) is 0 Å². The Balaban J connectivity index is 1.36. The van der Waals surface area contributed by atoms with E-state index in [1.165, 1.54) is 4.68 Å². The third-order valence-corrected chi connectivity index (χ3v) is 5.00. The SMILES string of the molecule is COc1cccc(C(=O)n2ccc(-c3ccc(OCCN(C)c4ccccn4)cc3)n2)c1. The van der Waals surface area contributed by atoms with Crippen LogP contribution in [0.1, 0.15) is 10.4 Å². The largest absolute Gasteiger partial charge is 0.497 e. The van der Waals surface area contributed by atoms with Crippen LogP contribution in [0.3, 0.4) is 0 Å². The Bertz CT molecular complexity index is 1170. The van der Waals surface area contributed by atoms with Crippen LogP contribution in [0, 0.1) is 0 Å². The van der Waals surface area contributed by atoms with Gasteiger partial charge in [-0.05, 0) is 60.7 Å². The molecule has 0 bridgehead atoms. The van der Waals surface area contributed by atoms with E-state index in [2.05, 4.69) is 10.1 Å². The average Bonchev–Trinajstić information content (AvgIpc) is 3.35. The number of likely N-dealkylation sites (N-methyl/N-ethyl adjacent to an activating group) is 1. The molecule has 0 aliphatic carbocycles. The number of ether oxygens (including phenoxy) is 2. The molecule has 2 aromatic carbocycles. The van der Waals surface area contributed by atoms with E-state index in [1.54, 1.807) is 43.8 Å². The number of nitrogens with zero attached hydrogens (tertiary/aromatic N) is 4. The molecule has 0 radical (unpaired) electrons. The predicted octanol–water partition coefficient (Wildman–Crippen LogP) is 4.16. The number of carbonyl (C=O) groups is 1. The van der Waals surface area contributed by atoms with Crippen molar-refractivity contribution in [2.75, 3.05) is 32.2 Å². The Hall–Kier alpha value is -4.13. The van der Waals surface area contributed by atoms with Gasteiger partial charge in [0.2, 0.25) is 0 Å². The number of hydrogen-bond acceptors (Lipinski definition) is 6. The van der Waals surface area contributed by atoms with Crippen molar-refractivity contribution >= 4 is 11.7 Å². The first-order valence-electron chi connectivity index (χ1n) is 10.2. The van der Waals surface area contributed by atoms with E-state index in [1.807, 2.05) is 60.5 Å². The van der Waals surface area contributed by atoms with Crippen LogP contribution in [0.5, 0.6) is 11.5 Å². The minimum atomic E-state index is -0.216. The van der Waals surface area contributed by atoms with E-state index < -0.39 is 0 Å². The fraction of sp³-hybridized carbons (Fsp3) is 0.160. The molecule has 162 valence electrons. The highest BCUT2D eigenvalue weighted by Crippen LogP contribution is 2.22. The van der Waals surface area contributed by atoms with Crippen LogP contribution >= 0.6 is 0 Å². The Kier molecular flexibility index (Phi) is 6.46. The third kappa shape index (κ3) is 4.95. The lowest BCUT2D eigenvalue weighted by Gasteiger charge is -2.18. The number of anilines is 1. The highest BCUT2D eigenvalue weighted by Gasteiger charge is 2.12. The molecule has 4 rings (SSSR count). The van der Waals surface area contributed by atoms with Gasteiger partial charge >= 0.3 is 0 Å². The van der Waals surface area contributed by atoms with Gasteiger partial charge in [-0.25, -0.2) is 9.67 Å². The van der Waals surface area contributed by atoms with Gasteiger partial charge in [-0.1, -0.05) is 12.1 Å². The van der Waals surface area contributed by atoms with Crippen molar-refractivity contribution in [3.05, 3.63) is 90.8 Å². The van der Waals surface area contributed by atoms with Gasteiger partial charge in [0.05, 0.1) is 19.3 Å². The normalized spacial score (nSPS) is 10.6. The van der Waals surface area contributed by atoms with E-state index in [0.29, 0.717) is 23.6 Å². The van der Waals surface area contributed by atoms with Gasteiger partial charge in [-0.2, -0.15) is 5.10 Å². The lowest BCUT2D eigenvalue weighted by molar-refractivity contribution is 0.0945. The quantitative estimate of drug-likeness (QED) is 0.420. The number of carbonyl (C=O) groups excluding carboxylic acids is 1. The molecule has 0 saturated carbocycles. The summed E-state index contributed by atoms with van der Waals surface area (Å²) in [6.07, 6.45) is 3.44. The van der Waals surface area contributed by atoms with E-state index >= 15 is 0 Å². The van der Waals surface area contributed by atoms with Crippen molar-refractivity contribution in [1.29, 1.82) is 0 Å². The molecule has 0 spiro atoms. The zero-order valence-corrected chi connectivity index (χ0v) is 18.0. The summed E-state index contributed by atoms with van der Waals surface area (Å²) in [6, 6.07) is 22.3. The van der Waals surface area contributed by atoms with Gasteiger partial charge in [0.25, 0.3) is 5.91 Å². The van der Waals surface area contributed by atoms with Crippen molar-refractivity contribution in [3.8, 4) is 22.8 Å². The summed E-state index contributed by atoms with van der Waals surface area (Å²) in [5.74, 6) is 2.10. The fourth-order valence-electron chi connectivity index (χ4n) is 3.20. The highest BCUT2D eigenvalue weighted by atomic mass is 16.5. The summed E-state index contributed by atoms with van der Waals surface area (Å²) in [6.45, 7) is 1.26. The van der Waals surface area contributed by atoms with Crippen LogP contribution in [0.15, 0.2) is 85.2 Å². The van der Waals surface area contributed by atoms with Gasteiger partial charge in [-0.3, -0.25) is 4.79 Å². The second-order valence-corrected chi connectivity index (χ2v) is 7.16. The molecule has 0 aliphatic rings. The molecule has 0 fully saturated rings. The summed E-state index contributed by atoms with van der Waals surface area (Å²) in [4.78, 5) is 19.1. The van der Waals surface area contributed by atoms with Crippen molar-refractivity contribution < 1.29 is 14.3 Å². The first-order chi connectivity index (χ1) is 15.6. The maximum Gasteiger partial charge on any atom is 0.278 e. The molecule has 2 aromatic heterocycles. The van der Waals surface area contributed by atoms with Crippen LogP contribution in [-0.4, -0.2) is 48.0 Å². The number of rotatable bonds is 8. The molecule has 0 atom stereocenters. The summed E-state index contributed by atoms with van der Waals surface area (Å²) < 4.78 is 12.4. The van der Waals surface area contributed by atoms with Crippen LogP contribution in [-0.2, 0) is 0 Å². The van der Waals surface area contributed by atoms with Crippen LogP contribution in [0.25, 0.3) is 11.3 Å². The molecular formula is C25H24N4O3. The standard InChI is InChI=1S/C25H24N4O3/c1-28(24-8-3-4-14-26-24)16-17-32-21-11-9-19(10-12-21)23-13-15-29(27-23)25(30)20-6-5-7-22(18-20)31-2/h3-15,18H,16-17H2,1-2H3. The molecule has 4 aromatic rings. The maximum atomic E-state index is 12.7. The molecule has 32 heavy (non-hydrogen) atoms. The Labute approximate surface area is 186 Å². The molecule has 0 aliphatic heterocycles. The molecule has 0 saturated heterocycles. The summed E-state index contributed by atoms with van der Waals surface area (Å²) in [5.41, 5.74) is 2.13. The van der Waals surface area contributed by atoms with Crippen LogP contribution in [0.4, 0.5) is 5.82 Å². The van der Waals surface area contributed by atoms with Gasteiger partial charge in [0, 0.05) is 30.6 Å². The smallest absolute Gasteiger partial charge is 0.278 e. The lowest BCUT2D eigenvalue weighted by atomic mass is 10.1. The van der Waals surface area contributed by atoms with Crippen LogP contribution < -0.4 is 14.4 Å². The van der Waals surface area contributed by atoms with E-state index in [0.717, 1.165) is 23.7 Å². The molecule has 2 heterocycles. The predicted molar refractivity (Wildman–Crippen MR) is 123 cm³/mol. The van der Waals surface area contributed by atoms with E-state index in [4.69, 9.17) is 9.47 Å². The number of hydrogen-bond donors (Lipinski definition) is 0. The van der Waals surface area contributed by atoms with Gasteiger partial charge < -0.3 is 14.4 Å². The Morgan fingerprint density at radius 3 is 2.59 bits per heavy atom. The molecular weight excluding hydrogens is 404 g/mol. The number of pyridine rings is 1. The number of benzene rings is 2. The first-order valence-corrected chi connectivity index (χ1v) is 10.2. The molecule has 7 heteroatoms. The van der Waals surface area contributed by atoms with Gasteiger partial charge in [-0.15, -0.1) is 0 Å². The lowest BCUT2D eigenvalue weighted by Crippen LogP contribution is -2.24. The number of aromatic nitrogens is 3. The molecule has 0 unspecified atom stereocenters. The van der Waals surface area contributed by atoms with Crippen molar-refractivity contribution in [2.45, 2.75) is 0 Å². The number of methoxy groups -OCH3 is 1. The van der Waals surface area contributed by atoms with Crippen molar-refractivity contribution in [3.63, 3.8) is 0 Å².